The summed E-state index contributed by atoms with van der Waals surface area (Å²) in [7, 11) is -4.45. The smallest absolute Gasteiger partial charge is 0.531 e. The average molecular weight is 333 g/mol. The van der Waals surface area contributed by atoms with Crippen LogP contribution in [-0.2, 0) is 10.0 Å². The molecule has 0 radical (unpaired) electrons. The summed E-state index contributed by atoms with van der Waals surface area (Å²) in [4.78, 5) is 7.34. The summed E-state index contributed by atoms with van der Waals surface area (Å²) in [5.74, 6) is 2.53. The predicted molar refractivity (Wildman–Crippen MR) is 86.9 cm³/mol. The maximum Gasteiger partial charge on any atom is 0.552 e. The first-order chi connectivity index (χ1) is 10.9. The van der Waals surface area contributed by atoms with E-state index in [9.17, 15) is 13.4 Å². The van der Waals surface area contributed by atoms with Crippen molar-refractivity contribution in [3.05, 3.63) is 30.0 Å². The van der Waals surface area contributed by atoms with Crippen LogP contribution in [0.5, 0.6) is 5.75 Å². The zero-order chi connectivity index (χ0) is 16.2. The molecule has 0 spiro atoms. The standard InChI is InChI=1S/C14H16BN3O4S/c16-23(20,21)7-8-3-9(4-8)11-5-15(19)22-12-6-18-14-10(13(11)12)1-2-17-14/h1-2,5-6,8-9,19H,3-4,7H2,(H,17,18)(H2,16,20,21). The number of fused-ring (bicyclic) bond motifs is 3. The van der Waals surface area contributed by atoms with E-state index in [1.165, 1.54) is 0 Å². The first-order valence-electron chi connectivity index (χ1n) is 7.44. The van der Waals surface area contributed by atoms with Gasteiger partial charge in [-0.1, -0.05) is 0 Å². The largest absolute Gasteiger partial charge is 0.552 e. The Morgan fingerprint density at radius 3 is 3.00 bits per heavy atom. The molecular weight excluding hydrogens is 317 g/mol. The van der Waals surface area contributed by atoms with Crippen LogP contribution >= 0.6 is 0 Å². The summed E-state index contributed by atoms with van der Waals surface area (Å²) >= 11 is 0. The second-order valence-corrected chi connectivity index (χ2v) is 7.89. The monoisotopic (exact) mass is 333 g/mol. The van der Waals surface area contributed by atoms with Crippen molar-refractivity contribution in [2.45, 2.75) is 12.8 Å². The molecule has 2 aromatic heterocycles. The molecule has 23 heavy (non-hydrogen) atoms. The summed E-state index contributed by atoms with van der Waals surface area (Å²) in [6.45, 7) is 0. The van der Waals surface area contributed by atoms with Gasteiger partial charge in [0.2, 0.25) is 10.0 Å². The van der Waals surface area contributed by atoms with Gasteiger partial charge in [-0.2, -0.15) is 0 Å². The van der Waals surface area contributed by atoms with E-state index in [1.807, 2.05) is 12.3 Å². The van der Waals surface area contributed by atoms with Gasteiger partial charge >= 0.3 is 7.12 Å². The Labute approximate surface area is 133 Å². The summed E-state index contributed by atoms with van der Waals surface area (Å²) in [5, 5.41) is 16.0. The van der Waals surface area contributed by atoms with Crippen molar-refractivity contribution in [1.82, 2.24) is 9.97 Å². The van der Waals surface area contributed by atoms with Crippen LogP contribution in [0.1, 0.15) is 18.4 Å². The number of nitrogens with one attached hydrogen (secondary N) is 1. The Kier molecular flexibility index (Phi) is 3.26. The van der Waals surface area contributed by atoms with Gasteiger partial charge in [0.15, 0.2) is 0 Å². The van der Waals surface area contributed by atoms with Crippen molar-refractivity contribution >= 4 is 33.7 Å². The molecule has 1 aliphatic heterocycles. The molecule has 2 aliphatic rings. The molecule has 1 saturated carbocycles. The van der Waals surface area contributed by atoms with E-state index in [0.29, 0.717) is 5.75 Å². The molecule has 0 aromatic carbocycles. The third-order valence-electron chi connectivity index (χ3n) is 4.55. The van der Waals surface area contributed by atoms with Gasteiger partial charge in [-0.25, -0.2) is 18.5 Å². The number of aromatic amines is 1. The second-order valence-electron chi connectivity index (χ2n) is 6.23. The summed E-state index contributed by atoms with van der Waals surface area (Å²) in [5.41, 5.74) is 2.69. The van der Waals surface area contributed by atoms with Crippen molar-refractivity contribution in [2.24, 2.45) is 17.0 Å². The molecule has 1 aliphatic carbocycles. The molecule has 0 saturated heterocycles. The van der Waals surface area contributed by atoms with Crippen molar-refractivity contribution in [3.8, 4) is 5.75 Å². The van der Waals surface area contributed by atoms with Gasteiger partial charge in [0.25, 0.3) is 0 Å². The summed E-state index contributed by atoms with van der Waals surface area (Å²) < 4.78 is 27.8. The number of hydrogen-bond acceptors (Lipinski definition) is 5. The fourth-order valence-electron chi connectivity index (χ4n) is 3.57. The second kappa shape index (κ2) is 5.08. The Bertz CT molecular complexity index is 902. The predicted octanol–water partition coefficient (Wildman–Crippen LogP) is 0.673. The summed E-state index contributed by atoms with van der Waals surface area (Å²) in [6.07, 6.45) is 4.89. The van der Waals surface area contributed by atoms with Crippen LogP contribution in [-0.4, -0.2) is 36.3 Å². The number of nitrogens with zero attached hydrogens (tertiary/aromatic N) is 1. The topological polar surface area (TPSA) is 118 Å². The third kappa shape index (κ3) is 2.64. The van der Waals surface area contributed by atoms with Gasteiger partial charge in [-0.15, -0.1) is 0 Å². The number of primary sulfonamides is 1. The molecule has 3 heterocycles. The molecule has 120 valence electrons. The van der Waals surface area contributed by atoms with E-state index in [0.717, 1.165) is 35.0 Å². The van der Waals surface area contributed by atoms with Gasteiger partial charge in [0.1, 0.15) is 11.4 Å². The van der Waals surface area contributed by atoms with Crippen LogP contribution in [0.3, 0.4) is 0 Å². The lowest BCUT2D eigenvalue weighted by Crippen LogP contribution is -2.35. The zero-order valence-corrected chi connectivity index (χ0v) is 13.1. The molecule has 9 heteroatoms. The van der Waals surface area contributed by atoms with E-state index in [2.05, 4.69) is 9.97 Å². The number of sulfonamides is 1. The SMILES string of the molecule is NS(=O)(=O)CC1CC(C2=CB(O)Oc3cnc4[nH]ccc4c32)C1. The van der Waals surface area contributed by atoms with Crippen LogP contribution in [0.4, 0.5) is 0 Å². The number of pyridine rings is 1. The average Bonchev–Trinajstić information content (AvgIpc) is 2.88. The molecule has 0 bridgehead atoms. The Balaban J connectivity index is 1.66. The van der Waals surface area contributed by atoms with E-state index < -0.39 is 17.1 Å². The molecule has 0 atom stereocenters. The van der Waals surface area contributed by atoms with Gasteiger partial charge in [0.05, 0.1) is 11.9 Å². The molecule has 7 nitrogen and oxygen atoms in total. The number of nitrogens with two attached hydrogens (primary N) is 1. The first kappa shape index (κ1) is 14.7. The van der Waals surface area contributed by atoms with Gasteiger partial charge in [-0.3, -0.25) is 0 Å². The fraction of sp³-hybridized carbons (Fsp3) is 0.357. The quantitative estimate of drug-likeness (QED) is 0.714. The van der Waals surface area contributed by atoms with Crippen molar-refractivity contribution in [2.75, 3.05) is 5.75 Å². The highest BCUT2D eigenvalue weighted by Crippen LogP contribution is 2.48. The first-order valence-corrected chi connectivity index (χ1v) is 9.15. The van der Waals surface area contributed by atoms with Crippen molar-refractivity contribution in [1.29, 1.82) is 0 Å². The lowest BCUT2D eigenvalue weighted by molar-refractivity contribution is 0.273. The minimum atomic E-state index is -3.44. The molecule has 0 amide bonds. The number of aromatic nitrogens is 2. The van der Waals surface area contributed by atoms with E-state index in [-0.39, 0.29) is 17.6 Å². The zero-order valence-electron chi connectivity index (χ0n) is 12.3. The minimum absolute atomic E-state index is 0.0125. The van der Waals surface area contributed by atoms with Gasteiger partial charge in [-0.05, 0) is 42.3 Å². The van der Waals surface area contributed by atoms with Gasteiger partial charge in [0, 0.05) is 17.1 Å². The number of hydrogen-bond donors (Lipinski definition) is 3. The lowest BCUT2D eigenvalue weighted by atomic mass is 9.66. The van der Waals surface area contributed by atoms with Crippen LogP contribution in [0.15, 0.2) is 24.4 Å². The molecular formula is C14H16BN3O4S. The van der Waals surface area contributed by atoms with E-state index in [1.54, 1.807) is 12.2 Å². The summed E-state index contributed by atoms with van der Waals surface area (Å²) in [6, 6.07) is 1.93. The maximum absolute atomic E-state index is 11.2. The van der Waals surface area contributed by atoms with Crippen LogP contribution in [0.25, 0.3) is 16.6 Å². The molecule has 4 N–H and O–H groups in total. The number of rotatable bonds is 3. The maximum atomic E-state index is 11.2. The Morgan fingerprint density at radius 1 is 1.48 bits per heavy atom. The van der Waals surface area contributed by atoms with Crippen LogP contribution < -0.4 is 9.79 Å². The third-order valence-corrected chi connectivity index (χ3v) is 5.49. The molecule has 4 rings (SSSR count). The lowest BCUT2D eigenvalue weighted by Gasteiger charge is -2.38. The van der Waals surface area contributed by atoms with Crippen LogP contribution in [0, 0.1) is 11.8 Å². The molecule has 1 fully saturated rings. The Morgan fingerprint density at radius 2 is 2.26 bits per heavy atom. The highest BCUT2D eigenvalue weighted by atomic mass is 32.2. The van der Waals surface area contributed by atoms with E-state index >= 15 is 0 Å². The molecule has 2 aromatic rings. The number of allylic oxidation sites excluding steroid dienone is 1. The van der Waals surface area contributed by atoms with Crippen LogP contribution in [0.2, 0.25) is 0 Å². The van der Waals surface area contributed by atoms with E-state index in [4.69, 9.17) is 9.79 Å². The van der Waals surface area contributed by atoms with Crippen molar-refractivity contribution < 1.29 is 18.1 Å². The van der Waals surface area contributed by atoms with Gasteiger partial charge < -0.3 is 14.7 Å². The van der Waals surface area contributed by atoms with Crippen molar-refractivity contribution in [3.63, 3.8) is 0 Å². The Hall–Kier alpha value is -1.84. The molecule has 0 unspecified atom stereocenters. The normalized spacial score (nSPS) is 23.9. The highest BCUT2D eigenvalue weighted by molar-refractivity contribution is 7.89. The number of H-pyrrole nitrogens is 1. The minimum Gasteiger partial charge on any atom is -0.531 e. The highest BCUT2D eigenvalue weighted by Gasteiger charge is 2.38. The fourth-order valence-corrected chi connectivity index (χ4v) is 4.50.